The average molecular weight is 446 g/mol. The van der Waals surface area contributed by atoms with Crippen LogP contribution in [0.1, 0.15) is 31.7 Å². The molecule has 0 aliphatic rings. The van der Waals surface area contributed by atoms with Crippen LogP contribution >= 0.6 is 23.8 Å². The monoisotopic (exact) mass is 445 g/mol. The molecular formula is C22H24ClN3O3S. The number of hydrogen-bond acceptors (Lipinski definition) is 4. The van der Waals surface area contributed by atoms with E-state index in [4.69, 9.17) is 28.6 Å². The first-order valence-corrected chi connectivity index (χ1v) is 10.2. The smallest absolute Gasteiger partial charge is 0.250 e. The lowest BCUT2D eigenvalue weighted by Gasteiger charge is -2.13. The van der Waals surface area contributed by atoms with Gasteiger partial charge in [-0.2, -0.15) is 0 Å². The fraction of sp³-hybridized carbons (Fsp3) is 0.227. The third kappa shape index (κ3) is 7.85. The summed E-state index contributed by atoms with van der Waals surface area (Å²) in [7, 11) is 1.52. The maximum atomic E-state index is 12.0. The molecule has 0 unspecified atom stereocenters. The van der Waals surface area contributed by atoms with Gasteiger partial charge in [-0.15, -0.1) is 0 Å². The highest BCUT2D eigenvalue weighted by molar-refractivity contribution is 7.80. The Morgan fingerprint density at radius 3 is 2.53 bits per heavy atom. The second kappa shape index (κ2) is 11.9. The predicted octanol–water partition coefficient (Wildman–Crippen LogP) is 5.00. The van der Waals surface area contributed by atoms with Gasteiger partial charge in [-0.05, 0) is 54.5 Å². The number of anilines is 2. The van der Waals surface area contributed by atoms with Crippen molar-refractivity contribution in [3.8, 4) is 5.75 Å². The van der Waals surface area contributed by atoms with Gasteiger partial charge in [0, 0.05) is 29.3 Å². The third-order valence-electron chi connectivity index (χ3n) is 4.02. The van der Waals surface area contributed by atoms with E-state index < -0.39 is 0 Å². The Balaban J connectivity index is 1.93. The minimum atomic E-state index is -0.366. The highest BCUT2D eigenvalue weighted by Gasteiger charge is 2.09. The fourth-order valence-corrected chi connectivity index (χ4v) is 2.83. The summed E-state index contributed by atoms with van der Waals surface area (Å²) < 4.78 is 5.34. The lowest BCUT2D eigenvalue weighted by atomic mass is 10.2. The quantitative estimate of drug-likeness (QED) is 0.393. The van der Waals surface area contributed by atoms with E-state index >= 15 is 0 Å². The number of amides is 2. The summed E-state index contributed by atoms with van der Waals surface area (Å²) in [6, 6.07) is 12.2. The Morgan fingerprint density at radius 2 is 1.87 bits per heavy atom. The van der Waals surface area contributed by atoms with E-state index in [-0.39, 0.29) is 16.9 Å². The Morgan fingerprint density at radius 1 is 1.13 bits per heavy atom. The molecule has 0 heterocycles. The molecule has 0 aliphatic heterocycles. The normalized spacial score (nSPS) is 10.5. The lowest BCUT2D eigenvalue weighted by molar-refractivity contribution is -0.116. The highest BCUT2D eigenvalue weighted by Crippen LogP contribution is 2.28. The molecule has 0 bridgehead atoms. The van der Waals surface area contributed by atoms with Crippen molar-refractivity contribution < 1.29 is 14.3 Å². The van der Waals surface area contributed by atoms with Crippen molar-refractivity contribution in [3.63, 3.8) is 0 Å². The first-order valence-electron chi connectivity index (χ1n) is 9.44. The van der Waals surface area contributed by atoms with Gasteiger partial charge in [0.15, 0.2) is 5.11 Å². The second-order valence-corrected chi connectivity index (χ2v) is 7.24. The maximum Gasteiger partial charge on any atom is 0.250 e. The fourth-order valence-electron chi connectivity index (χ4n) is 2.48. The summed E-state index contributed by atoms with van der Waals surface area (Å²) >= 11 is 11.0. The summed E-state index contributed by atoms with van der Waals surface area (Å²) in [5, 5.41) is 9.10. The van der Waals surface area contributed by atoms with Crippen molar-refractivity contribution in [2.45, 2.75) is 26.2 Å². The first-order chi connectivity index (χ1) is 14.4. The van der Waals surface area contributed by atoms with Crippen LogP contribution in [0.5, 0.6) is 5.75 Å². The standard InChI is InChI=1S/C22H24ClN3O3S/c1-3-4-5-20(27)25-18-12-11-17(14-19(18)29-2)24-22(30)26-21(28)13-8-15-6-9-16(23)10-7-15/h6-14H,3-5H2,1-2H3,(H,25,27)(H2,24,26,28,30)/b13-8+. The summed E-state index contributed by atoms with van der Waals surface area (Å²) in [5.41, 5.74) is 2.03. The molecule has 0 aliphatic carbocycles. The molecule has 2 amide bonds. The summed E-state index contributed by atoms with van der Waals surface area (Å²) in [6.45, 7) is 2.03. The van der Waals surface area contributed by atoms with Crippen LogP contribution in [0.4, 0.5) is 11.4 Å². The van der Waals surface area contributed by atoms with Crippen LogP contribution in [0.25, 0.3) is 6.08 Å². The van der Waals surface area contributed by atoms with Crippen LogP contribution in [0.2, 0.25) is 5.02 Å². The molecule has 158 valence electrons. The third-order valence-corrected chi connectivity index (χ3v) is 4.48. The molecule has 2 rings (SSSR count). The van der Waals surface area contributed by atoms with Gasteiger partial charge in [-0.25, -0.2) is 0 Å². The molecule has 3 N–H and O–H groups in total. The van der Waals surface area contributed by atoms with Gasteiger partial charge in [0.25, 0.3) is 0 Å². The number of thiocarbonyl (C=S) groups is 1. The van der Waals surface area contributed by atoms with Crippen molar-refractivity contribution in [1.82, 2.24) is 5.32 Å². The van der Waals surface area contributed by atoms with Gasteiger partial charge in [0.2, 0.25) is 11.8 Å². The molecule has 0 spiro atoms. The van der Waals surface area contributed by atoms with Crippen LogP contribution in [-0.2, 0) is 9.59 Å². The number of nitrogens with one attached hydrogen (secondary N) is 3. The average Bonchev–Trinajstić information content (AvgIpc) is 2.72. The van der Waals surface area contributed by atoms with E-state index in [0.29, 0.717) is 28.6 Å². The molecule has 0 saturated heterocycles. The van der Waals surface area contributed by atoms with E-state index in [1.165, 1.54) is 13.2 Å². The zero-order valence-electron chi connectivity index (χ0n) is 16.8. The Kier molecular flexibility index (Phi) is 9.31. The van der Waals surface area contributed by atoms with Gasteiger partial charge in [0.05, 0.1) is 12.8 Å². The molecule has 0 atom stereocenters. The van der Waals surface area contributed by atoms with E-state index in [9.17, 15) is 9.59 Å². The molecular weight excluding hydrogens is 422 g/mol. The summed E-state index contributed by atoms with van der Waals surface area (Å²) in [5.74, 6) is 0.0574. The van der Waals surface area contributed by atoms with Crippen LogP contribution in [0, 0.1) is 0 Å². The van der Waals surface area contributed by atoms with Gasteiger partial charge in [-0.1, -0.05) is 37.1 Å². The summed E-state index contributed by atoms with van der Waals surface area (Å²) in [4.78, 5) is 24.0. The first kappa shape index (κ1) is 23.4. The van der Waals surface area contributed by atoms with E-state index in [0.717, 1.165) is 18.4 Å². The number of benzene rings is 2. The van der Waals surface area contributed by atoms with Crippen molar-refractivity contribution in [2.75, 3.05) is 17.7 Å². The number of hydrogen-bond donors (Lipinski definition) is 3. The molecule has 0 radical (unpaired) electrons. The Labute approximate surface area is 186 Å². The number of methoxy groups -OCH3 is 1. The maximum absolute atomic E-state index is 12.0. The molecule has 8 heteroatoms. The SMILES string of the molecule is CCCCC(=O)Nc1ccc(NC(=S)NC(=O)/C=C/c2ccc(Cl)cc2)cc1OC. The number of unbranched alkanes of at least 4 members (excludes halogenated alkanes) is 1. The van der Waals surface area contributed by atoms with Gasteiger partial charge in [-0.3, -0.25) is 14.9 Å². The molecule has 2 aromatic carbocycles. The minimum absolute atomic E-state index is 0.0638. The van der Waals surface area contributed by atoms with Crippen molar-refractivity contribution in [3.05, 3.63) is 59.1 Å². The topological polar surface area (TPSA) is 79.5 Å². The van der Waals surface area contributed by atoms with E-state index in [1.54, 1.807) is 48.5 Å². The second-order valence-electron chi connectivity index (χ2n) is 6.40. The minimum Gasteiger partial charge on any atom is -0.494 e. The van der Waals surface area contributed by atoms with Gasteiger partial charge < -0.3 is 15.4 Å². The van der Waals surface area contributed by atoms with Crippen molar-refractivity contribution in [2.24, 2.45) is 0 Å². The molecule has 30 heavy (non-hydrogen) atoms. The molecule has 6 nitrogen and oxygen atoms in total. The van der Waals surface area contributed by atoms with Gasteiger partial charge >= 0.3 is 0 Å². The zero-order chi connectivity index (χ0) is 21.9. The summed E-state index contributed by atoms with van der Waals surface area (Å²) in [6.07, 6.45) is 5.28. The number of rotatable bonds is 8. The number of carbonyl (C=O) groups excluding carboxylic acids is 2. The van der Waals surface area contributed by atoms with Crippen LogP contribution in [0.15, 0.2) is 48.5 Å². The van der Waals surface area contributed by atoms with Crippen molar-refractivity contribution in [1.29, 1.82) is 0 Å². The number of ether oxygens (including phenoxy) is 1. The largest absolute Gasteiger partial charge is 0.494 e. The van der Waals surface area contributed by atoms with Crippen molar-refractivity contribution >= 4 is 58.2 Å². The molecule has 0 aromatic heterocycles. The van der Waals surface area contributed by atoms with Crippen LogP contribution in [-0.4, -0.2) is 24.0 Å². The van der Waals surface area contributed by atoms with Gasteiger partial charge in [0.1, 0.15) is 5.75 Å². The Hall–Kier alpha value is -2.90. The molecule has 2 aromatic rings. The molecule has 0 saturated carbocycles. The van der Waals surface area contributed by atoms with Crippen LogP contribution < -0.4 is 20.7 Å². The lowest BCUT2D eigenvalue weighted by Crippen LogP contribution is -2.32. The number of halogens is 1. The highest BCUT2D eigenvalue weighted by atomic mass is 35.5. The Bertz CT molecular complexity index is 930. The van der Waals surface area contributed by atoms with Crippen LogP contribution in [0.3, 0.4) is 0 Å². The zero-order valence-corrected chi connectivity index (χ0v) is 18.4. The van der Waals surface area contributed by atoms with E-state index in [2.05, 4.69) is 16.0 Å². The molecule has 0 fully saturated rings. The predicted molar refractivity (Wildman–Crippen MR) is 126 cm³/mol. The van der Waals surface area contributed by atoms with E-state index in [1.807, 2.05) is 6.92 Å². The number of carbonyl (C=O) groups is 2.